The minimum absolute atomic E-state index is 0.0630. The van der Waals surface area contributed by atoms with E-state index >= 15 is 0 Å². The van der Waals surface area contributed by atoms with E-state index in [1.807, 2.05) is 0 Å². The lowest BCUT2D eigenvalue weighted by atomic mass is 9.90. The lowest BCUT2D eigenvalue weighted by Gasteiger charge is -2.25. The maximum absolute atomic E-state index is 12.8. The summed E-state index contributed by atoms with van der Waals surface area (Å²) in [7, 11) is 0. The first-order valence-corrected chi connectivity index (χ1v) is 8.77. The van der Waals surface area contributed by atoms with Crippen molar-refractivity contribution in [1.82, 2.24) is 5.32 Å². The SMILES string of the molecule is CC(C)(C)OC(=O)N[C@@H](Cc1ccc(O)cc1)C(=O)C(CCCN)C(=O)O. The predicted octanol–water partition coefficient (Wildman–Crippen LogP) is 1.84. The Labute approximate surface area is 158 Å². The van der Waals surface area contributed by atoms with Crippen molar-refractivity contribution in [3.05, 3.63) is 29.8 Å². The van der Waals surface area contributed by atoms with Crippen LogP contribution in [0, 0.1) is 5.92 Å². The number of carbonyl (C=O) groups excluding carboxylic acids is 2. The van der Waals surface area contributed by atoms with E-state index in [1.54, 1.807) is 32.9 Å². The van der Waals surface area contributed by atoms with Gasteiger partial charge in [0.15, 0.2) is 5.78 Å². The fraction of sp³-hybridized carbons (Fsp3) is 0.526. The minimum atomic E-state index is -1.27. The molecule has 27 heavy (non-hydrogen) atoms. The molecule has 0 spiro atoms. The number of ether oxygens (including phenoxy) is 1. The molecule has 0 heterocycles. The van der Waals surface area contributed by atoms with Gasteiger partial charge < -0.3 is 26.0 Å². The van der Waals surface area contributed by atoms with Gasteiger partial charge in [-0.2, -0.15) is 0 Å². The maximum atomic E-state index is 12.8. The summed E-state index contributed by atoms with van der Waals surface area (Å²) in [5, 5.41) is 21.3. The van der Waals surface area contributed by atoms with Crippen LogP contribution in [0.5, 0.6) is 5.75 Å². The van der Waals surface area contributed by atoms with E-state index in [0.717, 1.165) is 0 Å². The van der Waals surface area contributed by atoms with E-state index in [-0.39, 0.29) is 25.1 Å². The van der Waals surface area contributed by atoms with Crippen molar-refractivity contribution in [1.29, 1.82) is 0 Å². The third-order valence-corrected chi connectivity index (χ3v) is 3.75. The summed E-state index contributed by atoms with van der Waals surface area (Å²) in [5.41, 5.74) is 5.32. The van der Waals surface area contributed by atoms with Gasteiger partial charge in [0.1, 0.15) is 17.3 Å². The van der Waals surface area contributed by atoms with Crippen molar-refractivity contribution in [2.45, 2.75) is 51.7 Å². The van der Waals surface area contributed by atoms with Gasteiger partial charge in [0.25, 0.3) is 0 Å². The van der Waals surface area contributed by atoms with Gasteiger partial charge in [-0.3, -0.25) is 9.59 Å². The molecule has 1 aromatic carbocycles. The summed E-state index contributed by atoms with van der Waals surface area (Å²) in [6.45, 7) is 5.32. The summed E-state index contributed by atoms with van der Waals surface area (Å²) in [5.74, 6) is -3.08. The van der Waals surface area contributed by atoms with Gasteiger partial charge in [0.2, 0.25) is 0 Å². The quantitative estimate of drug-likeness (QED) is 0.479. The first-order chi connectivity index (χ1) is 12.5. The molecule has 1 rings (SSSR count). The maximum Gasteiger partial charge on any atom is 0.408 e. The van der Waals surface area contributed by atoms with Crippen molar-refractivity contribution < 1.29 is 29.3 Å². The number of amides is 1. The Morgan fingerprint density at radius 3 is 2.26 bits per heavy atom. The van der Waals surface area contributed by atoms with Gasteiger partial charge in [0, 0.05) is 0 Å². The molecule has 0 fully saturated rings. The third-order valence-electron chi connectivity index (χ3n) is 3.75. The number of phenolic OH excluding ortho intramolecular Hbond substituents is 1. The number of phenols is 1. The number of alkyl carbamates (subject to hydrolysis) is 1. The van der Waals surface area contributed by atoms with Gasteiger partial charge in [-0.1, -0.05) is 12.1 Å². The number of hydrogen-bond donors (Lipinski definition) is 4. The van der Waals surface area contributed by atoms with Gasteiger partial charge in [-0.05, 0) is 64.3 Å². The number of ketones is 1. The summed E-state index contributed by atoms with van der Waals surface area (Å²) in [4.78, 5) is 36.5. The molecular formula is C19H28N2O6. The molecule has 0 bridgehead atoms. The fourth-order valence-corrected chi connectivity index (χ4v) is 2.49. The number of nitrogens with two attached hydrogens (primary N) is 1. The molecule has 0 saturated heterocycles. The number of hydrogen-bond acceptors (Lipinski definition) is 6. The molecule has 150 valence electrons. The normalized spacial score (nSPS) is 13.5. The van der Waals surface area contributed by atoms with E-state index < -0.39 is 35.4 Å². The summed E-state index contributed by atoms with van der Waals surface area (Å²) >= 11 is 0. The number of carboxylic acid groups (broad SMARTS) is 1. The van der Waals surface area contributed by atoms with Crippen molar-refractivity contribution >= 4 is 17.8 Å². The predicted molar refractivity (Wildman–Crippen MR) is 99.4 cm³/mol. The summed E-state index contributed by atoms with van der Waals surface area (Å²) < 4.78 is 5.19. The van der Waals surface area contributed by atoms with Gasteiger partial charge >= 0.3 is 12.1 Å². The highest BCUT2D eigenvalue weighted by molar-refractivity contribution is 6.02. The van der Waals surface area contributed by atoms with Crippen LogP contribution in [0.15, 0.2) is 24.3 Å². The van der Waals surface area contributed by atoms with Gasteiger partial charge in [-0.25, -0.2) is 4.79 Å². The second kappa shape index (κ2) is 9.91. The monoisotopic (exact) mass is 380 g/mol. The molecule has 8 heteroatoms. The molecule has 1 unspecified atom stereocenters. The topological polar surface area (TPSA) is 139 Å². The second-order valence-corrected chi connectivity index (χ2v) is 7.29. The highest BCUT2D eigenvalue weighted by Crippen LogP contribution is 2.17. The largest absolute Gasteiger partial charge is 0.508 e. The highest BCUT2D eigenvalue weighted by Gasteiger charge is 2.33. The van der Waals surface area contributed by atoms with Crippen molar-refractivity contribution in [3.63, 3.8) is 0 Å². The number of rotatable bonds is 9. The van der Waals surface area contributed by atoms with E-state index in [1.165, 1.54) is 12.1 Å². The number of aliphatic carboxylic acids is 1. The van der Waals surface area contributed by atoms with Gasteiger partial charge in [0.05, 0.1) is 6.04 Å². The van der Waals surface area contributed by atoms with E-state index in [9.17, 15) is 24.6 Å². The highest BCUT2D eigenvalue weighted by atomic mass is 16.6. The van der Waals surface area contributed by atoms with Crippen LogP contribution in [-0.2, 0) is 20.7 Å². The molecule has 0 aliphatic heterocycles. The van der Waals surface area contributed by atoms with Crippen molar-refractivity contribution in [2.24, 2.45) is 11.7 Å². The van der Waals surface area contributed by atoms with Crippen LogP contribution in [0.25, 0.3) is 0 Å². The lowest BCUT2D eigenvalue weighted by Crippen LogP contribution is -2.48. The first-order valence-electron chi connectivity index (χ1n) is 8.77. The standard InChI is InChI=1S/C19H28N2O6/c1-19(2,3)27-18(26)21-15(11-12-6-8-13(22)9-7-12)16(23)14(17(24)25)5-4-10-20/h6-9,14-15,22H,4-5,10-11,20H2,1-3H3,(H,21,26)(H,24,25)/t14?,15-/m0/s1. The lowest BCUT2D eigenvalue weighted by molar-refractivity contribution is -0.147. The number of benzene rings is 1. The molecule has 5 N–H and O–H groups in total. The molecule has 0 aliphatic carbocycles. The molecule has 0 aliphatic rings. The molecule has 1 aromatic rings. The third kappa shape index (κ3) is 8.08. The molecule has 1 amide bonds. The number of Topliss-reactive ketones (excluding diaryl/α,β-unsaturated/α-hetero) is 1. The van der Waals surface area contributed by atoms with E-state index in [4.69, 9.17) is 10.5 Å². The van der Waals surface area contributed by atoms with Gasteiger partial charge in [-0.15, -0.1) is 0 Å². The zero-order valence-electron chi connectivity index (χ0n) is 15.9. The molecule has 0 radical (unpaired) electrons. The Balaban J connectivity index is 3.03. The van der Waals surface area contributed by atoms with Crippen molar-refractivity contribution in [2.75, 3.05) is 6.54 Å². The first kappa shape index (κ1) is 22.4. The number of nitrogens with one attached hydrogen (secondary N) is 1. The zero-order chi connectivity index (χ0) is 20.6. The van der Waals surface area contributed by atoms with Crippen LogP contribution in [0.1, 0.15) is 39.2 Å². The Kier molecular flexibility index (Phi) is 8.24. The van der Waals surface area contributed by atoms with E-state index in [0.29, 0.717) is 12.0 Å². The van der Waals surface area contributed by atoms with Crippen LogP contribution in [-0.4, -0.2) is 46.2 Å². The van der Waals surface area contributed by atoms with Crippen molar-refractivity contribution in [3.8, 4) is 5.75 Å². The molecule has 8 nitrogen and oxygen atoms in total. The Hall–Kier alpha value is -2.61. The van der Waals surface area contributed by atoms with Crippen LogP contribution < -0.4 is 11.1 Å². The summed E-state index contributed by atoms with van der Waals surface area (Å²) in [6.07, 6.45) is -0.263. The molecule has 2 atom stereocenters. The Bertz CT molecular complexity index is 651. The Morgan fingerprint density at radius 2 is 1.78 bits per heavy atom. The average Bonchev–Trinajstić information content (AvgIpc) is 2.54. The second-order valence-electron chi connectivity index (χ2n) is 7.29. The number of carboxylic acids is 1. The van der Waals surface area contributed by atoms with Crippen LogP contribution in [0.4, 0.5) is 4.79 Å². The van der Waals surface area contributed by atoms with Crippen LogP contribution in [0.2, 0.25) is 0 Å². The minimum Gasteiger partial charge on any atom is -0.508 e. The van der Waals surface area contributed by atoms with Crippen LogP contribution >= 0.6 is 0 Å². The molecule has 0 aromatic heterocycles. The number of aromatic hydroxyl groups is 1. The van der Waals surface area contributed by atoms with Crippen LogP contribution in [0.3, 0.4) is 0 Å². The zero-order valence-corrected chi connectivity index (χ0v) is 15.9. The smallest absolute Gasteiger partial charge is 0.408 e. The summed E-state index contributed by atoms with van der Waals surface area (Å²) in [6, 6.07) is 5.02. The average molecular weight is 380 g/mol. The molecular weight excluding hydrogens is 352 g/mol. The number of carbonyl (C=O) groups is 3. The Morgan fingerprint density at radius 1 is 1.19 bits per heavy atom. The van der Waals surface area contributed by atoms with E-state index in [2.05, 4.69) is 5.32 Å². The fourth-order valence-electron chi connectivity index (χ4n) is 2.49. The molecule has 0 saturated carbocycles.